The van der Waals surface area contributed by atoms with E-state index in [2.05, 4.69) is 5.32 Å². The minimum Gasteiger partial charge on any atom is -0.474 e. The van der Waals surface area contributed by atoms with E-state index >= 15 is 0 Å². The van der Waals surface area contributed by atoms with Crippen LogP contribution in [0.5, 0.6) is 0 Å². The SMILES string of the molecule is O=C(O)C(=O)NCc1ccc(Cl)c(CF)c1. The lowest BCUT2D eigenvalue weighted by molar-refractivity contribution is -0.150. The van der Waals surface area contributed by atoms with Gasteiger partial charge in [0.1, 0.15) is 6.67 Å². The molecule has 0 atom stereocenters. The molecule has 0 bridgehead atoms. The molecule has 16 heavy (non-hydrogen) atoms. The van der Waals surface area contributed by atoms with Crippen molar-refractivity contribution in [1.29, 1.82) is 0 Å². The van der Waals surface area contributed by atoms with Gasteiger partial charge in [-0.05, 0) is 17.7 Å². The Morgan fingerprint density at radius 2 is 2.12 bits per heavy atom. The van der Waals surface area contributed by atoms with Crippen molar-refractivity contribution < 1.29 is 19.1 Å². The summed E-state index contributed by atoms with van der Waals surface area (Å²) >= 11 is 5.69. The molecule has 0 aromatic heterocycles. The maximum atomic E-state index is 12.4. The van der Waals surface area contributed by atoms with Gasteiger partial charge in [-0.15, -0.1) is 0 Å². The number of rotatable bonds is 3. The minimum atomic E-state index is -1.56. The first kappa shape index (κ1) is 12.4. The number of carboxylic acid groups (broad SMARTS) is 1. The molecule has 1 amide bonds. The lowest BCUT2D eigenvalue weighted by atomic mass is 10.1. The highest BCUT2D eigenvalue weighted by atomic mass is 35.5. The average Bonchev–Trinajstić information content (AvgIpc) is 2.27. The number of carbonyl (C=O) groups excluding carboxylic acids is 1. The minimum absolute atomic E-state index is 0.0231. The van der Waals surface area contributed by atoms with Gasteiger partial charge in [-0.3, -0.25) is 4.79 Å². The molecule has 1 aromatic carbocycles. The number of aliphatic carboxylic acids is 1. The maximum Gasteiger partial charge on any atom is 0.394 e. The van der Waals surface area contributed by atoms with Crippen LogP contribution in [0.25, 0.3) is 0 Å². The van der Waals surface area contributed by atoms with E-state index in [-0.39, 0.29) is 6.54 Å². The van der Waals surface area contributed by atoms with Crippen LogP contribution in [0.3, 0.4) is 0 Å². The van der Waals surface area contributed by atoms with Crippen molar-refractivity contribution in [2.24, 2.45) is 0 Å². The Bertz CT molecular complexity index is 423. The van der Waals surface area contributed by atoms with Crippen molar-refractivity contribution in [3.63, 3.8) is 0 Å². The predicted octanol–water partition coefficient (Wildman–Crippen LogP) is 1.51. The van der Waals surface area contributed by atoms with Crippen LogP contribution in [-0.2, 0) is 22.8 Å². The lowest BCUT2D eigenvalue weighted by Crippen LogP contribution is -2.30. The predicted molar refractivity (Wildman–Crippen MR) is 55.7 cm³/mol. The molecule has 0 fully saturated rings. The van der Waals surface area contributed by atoms with E-state index in [1.54, 1.807) is 6.07 Å². The normalized spacial score (nSPS) is 9.88. The smallest absolute Gasteiger partial charge is 0.394 e. The van der Waals surface area contributed by atoms with Gasteiger partial charge >= 0.3 is 11.9 Å². The zero-order valence-corrected chi connectivity index (χ0v) is 8.92. The Morgan fingerprint density at radius 3 is 2.69 bits per heavy atom. The van der Waals surface area contributed by atoms with Gasteiger partial charge in [-0.25, -0.2) is 9.18 Å². The summed E-state index contributed by atoms with van der Waals surface area (Å²) in [6.07, 6.45) is 0. The summed E-state index contributed by atoms with van der Waals surface area (Å²) in [7, 11) is 0. The van der Waals surface area contributed by atoms with Crippen LogP contribution >= 0.6 is 11.6 Å². The number of halogens is 2. The van der Waals surface area contributed by atoms with Crippen molar-refractivity contribution in [1.82, 2.24) is 5.32 Å². The molecule has 1 aromatic rings. The molecule has 0 aliphatic rings. The summed E-state index contributed by atoms with van der Waals surface area (Å²) in [6, 6.07) is 4.56. The molecule has 4 nitrogen and oxygen atoms in total. The van der Waals surface area contributed by atoms with E-state index in [0.29, 0.717) is 16.1 Å². The van der Waals surface area contributed by atoms with Crippen LogP contribution in [0.1, 0.15) is 11.1 Å². The molecule has 2 N–H and O–H groups in total. The third-order valence-corrected chi connectivity index (χ3v) is 2.27. The van der Waals surface area contributed by atoms with Crippen molar-refractivity contribution >= 4 is 23.5 Å². The molecule has 0 aliphatic carbocycles. The Morgan fingerprint density at radius 1 is 1.44 bits per heavy atom. The summed E-state index contributed by atoms with van der Waals surface area (Å²) in [4.78, 5) is 20.9. The number of alkyl halides is 1. The summed E-state index contributed by atoms with van der Waals surface area (Å²) in [5.41, 5.74) is 0.899. The van der Waals surface area contributed by atoms with E-state index in [1.165, 1.54) is 12.1 Å². The number of carboxylic acids is 1. The molecule has 0 unspecified atom stereocenters. The highest BCUT2D eigenvalue weighted by Gasteiger charge is 2.10. The number of hydrogen-bond acceptors (Lipinski definition) is 2. The maximum absolute atomic E-state index is 12.4. The molecule has 0 saturated carbocycles. The van der Waals surface area contributed by atoms with Crippen molar-refractivity contribution in [2.45, 2.75) is 13.2 Å². The second kappa shape index (κ2) is 5.46. The average molecular weight is 246 g/mol. The third-order valence-electron chi connectivity index (χ3n) is 1.90. The topological polar surface area (TPSA) is 66.4 Å². The van der Waals surface area contributed by atoms with E-state index in [9.17, 15) is 14.0 Å². The zero-order valence-electron chi connectivity index (χ0n) is 8.17. The Hall–Kier alpha value is -1.62. The second-order valence-electron chi connectivity index (χ2n) is 3.05. The van der Waals surface area contributed by atoms with Gasteiger partial charge < -0.3 is 10.4 Å². The standard InChI is InChI=1S/C10H9ClFNO3/c11-8-2-1-6(3-7(8)4-12)5-13-9(14)10(15)16/h1-3H,4-5H2,(H,13,14)(H,15,16). The lowest BCUT2D eigenvalue weighted by Gasteiger charge is -2.05. The molecule has 0 spiro atoms. The number of benzene rings is 1. The van der Waals surface area contributed by atoms with Crippen molar-refractivity contribution in [3.05, 3.63) is 34.3 Å². The second-order valence-corrected chi connectivity index (χ2v) is 3.45. The molecule has 6 heteroatoms. The van der Waals surface area contributed by atoms with Crippen molar-refractivity contribution in [2.75, 3.05) is 0 Å². The van der Waals surface area contributed by atoms with Crippen LogP contribution < -0.4 is 5.32 Å². The fourth-order valence-electron chi connectivity index (χ4n) is 1.10. The highest BCUT2D eigenvalue weighted by Crippen LogP contribution is 2.18. The van der Waals surface area contributed by atoms with Gasteiger partial charge in [-0.1, -0.05) is 17.7 Å². The first-order valence-electron chi connectivity index (χ1n) is 4.39. The largest absolute Gasteiger partial charge is 0.474 e. The quantitative estimate of drug-likeness (QED) is 0.794. The number of hydrogen-bond donors (Lipinski definition) is 2. The highest BCUT2D eigenvalue weighted by molar-refractivity contribution is 6.31. The molecule has 86 valence electrons. The molecule has 0 saturated heterocycles. The van der Waals surface area contributed by atoms with Crippen LogP contribution in [0.4, 0.5) is 4.39 Å². The molecule has 0 heterocycles. The fourth-order valence-corrected chi connectivity index (χ4v) is 1.27. The van der Waals surface area contributed by atoms with E-state index in [4.69, 9.17) is 16.7 Å². The summed E-state index contributed by atoms with van der Waals surface area (Å²) < 4.78 is 12.4. The monoisotopic (exact) mass is 245 g/mol. The van der Waals surface area contributed by atoms with Gasteiger partial charge in [0.05, 0.1) is 0 Å². The van der Waals surface area contributed by atoms with Gasteiger partial charge in [0.2, 0.25) is 0 Å². The number of amides is 1. The van der Waals surface area contributed by atoms with Crippen LogP contribution in [-0.4, -0.2) is 17.0 Å². The number of carbonyl (C=O) groups is 2. The van der Waals surface area contributed by atoms with Gasteiger partial charge in [0, 0.05) is 17.1 Å². The molecule has 0 radical (unpaired) electrons. The molecule has 0 aliphatic heterocycles. The number of nitrogens with one attached hydrogen (secondary N) is 1. The first-order valence-corrected chi connectivity index (χ1v) is 4.76. The van der Waals surface area contributed by atoms with Gasteiger partial charge in [-0.2, -0.15) is 0 Å². The van der Waals surface area contributed by atoms with E-state index < -0.39 is 18.6 Å². The van der Waals surface area contributed by atoms with Crippen LogP contribution in [0, 0.1) is 0 Å². The summed E-state index contributed by atoms with van der Waals surface area (Å²) in [5, 5.41) is 10.8. The van der Waals surface area contributed by atoms with E-state index in [0.717, 1.165) is 0 Å². The zero-order chi connectivity index (χ0) is 12.1. The van der Waals surface area contributed by atoms with Gasteiger partial charge in [0.25, 0.3) is 0 Å². The molecule has 1 rings (SSSR count). The van der Waals surface area contributed by atoms with E-state index in [1.807, 2.05) is 0 Å². The third kappa shape index (κ3) is 3.20. The van der Waals surface area contributed by atoms with Gasteiger partial charge in [0.15, 0.2) is 0 Å². The summed E-state index contributed by atoms with van der Waals surface area (Å²) in [6.45, 7) is -0.686. The van der Waals surface area contributed by atoms with Crippen molar-refractivity contribution in [3.8, 4) is 0 Å². The Labute approximate surface area is 96.0 Å². The Kier molecular flexibility index (Phi) is 4.25. The molecular weight excluding hydrogens is 237 g/mol. The Balaban J connectivity index is 2.68. The first-order chi connectivity index (χ1) is 7.54. The fraction of sp³-hybridized carbons (Fsp3) is 0.200. The van der Waals surface area contributed by atoms with Crippen LogP contribution in [0.15, 0.2) is 18.2 Å². The van der Waals surface area contributed by atoms with Crippen LogP contribution in [0.2, 0.25) is 5.02 Å². The summed E-state index contributed by atoms with van der Waals surface area (Å²) in [5.74, 6) is -2.66. The molecular formula is C10H9ClFNO3.